The number of thiazole rings is 1. The summed E-state index contributed by atoms with van der Waals surface area (Å²) < 4.78 is 0.804. The second-order valence-electron chi connectivity index (χ2n) is 3.10. The maximum atomic E-state index is 5.05. The van der Waals surface area contributed by atoms with Crippen molar-refractivity contribution in [1.29, 1.82) is 0 Å². The van der Waals surface area contributed by atoms with Gasteiger partial charge in [0.15, 0.2) is 3.95 Å². The number of nitrogens with one attached hydrogen (secondary N) is 1. The van der Waals surface area contributed by atoms with Crippen LogP contribution in [0.5, 0.6) is 0 Å². The van der Waals surface area contributed by atoms with Gasteiger partial charge in [0.05, 0.1) is 10.6 Å². The number of rotatable bonds is 3. The topological polar surface area (TPSA) is 15.8 Å². The molecule has 0 bridgehead atoms. The zero-order valence-corrected chi connectivity index (χ0v) is 9.47. The number of hydrogen-bond acceptors (Lipinski definition) is 2. The smallest absolute Gasteiger partial charge is 0.159 e. The van der Waals surface area contributed by atoms with Crippen LogP contribution in [-0.2, 0) is 0 Å². The third kappa shape index (κ3) is 2.94. The molecular weight excluding hydrogens is 198 g/mol. The predicted molar refractivity (Wildman–Crippen MR) is 63.5 cm³/mol. The van der Waals surface area contributed by atoms with Gasteiger partial charge in [0.1, 0.15) is 0 Å². The molecule has 0 aliphatic heterocycles. The van der Waals surface area contributed by atoms with Gasteiger partial charge < -0.3 is 4.98 Å². The Labute approximate surface area is 87.8 Å². The molecule has 3 heteroatoms. The molecule has 0 spiro atoms. The molecule has 0 saturated carbocycles. The highest BCUT2D eigenvalue weighted by Crippen LogP contribution is 2.18. The van der Waals surface area contributed by atoms with Gasteiger partial charge in [-0.25, -0.2) is 0 Å². The summed E-state index contributed by atoms with van der Waals surface area (Å²) in [4.78, 5) is 4.24. The van der Waals surface area contributed by atoms with Crippen molar-refractivity contribution in [1.82, 2.24) is 4.98 Å². The Hall–Kier alpha value is -0.670. The van der Waals surface area contributed by atoms with Crippen LogP contribution < -0.4 is 0 Å². The molecule has 0 aliphatic carbocycles. The normalized spacial score (nSPS) is 11.3. The summed E-state index contributed by atoms with van der Waals surface area (Å²) in [6, 6.07) is 0. The van der Waals surface area contributed by atoms with E-state index in [1.807, 2.05) is 0 Å². The van der Waals surface area contributed by atoms with Crippen molar-refractivity contribution in [2.75, 3.05) is 0 Å². The minimum atomic E-state index is 0.563. The van der Waals surface area contributed by atoms with E-state index in [1.54, 1.807) is 17.4 Å². The minimum absolute atomic E-state index is 0.563. The van der Waals surface area contributed by atoms with Crippen LogP contribution in [0.1, 0.15) is 24.4 Å². The molecule has 0 amide bonds. The first-order valence-corrected chi connectivity index (χ1v) is 5.39. The van der Waals surface area contributed by atoms with Crippen molar-refractivity contribution in [3.63, 3.8) is 0 Å². The summed E-state index contributed by atoms with van der Waals surface area (Å²) >= 11 is 6.63. The van der Waals surface area contributed by atoms with Crippen molar-refractivity contribution in [3.05, 3.63) is 27.2 Å². The lowest BCUT2D eigenvalue weighted by Gasteiger charge is -1.93. The van der Waals surface area contributed by atoms with Gasteiger partial charge in [0.2, 0.25) is 0 Å². The summed E-state index contributed by atoms with van der Waals surface area (Å²) in [5, 5.41) is 0. The van der Waals surface area contributed by atoms with Crippen LogP contribution in [0, 0.1) is 9.87 Å². The van der Waals surface area contributed by atoms with Crippen molar-refractivity contribution in [2.24, 2.45) is 5.92 Å². The molecule has 70 valence electrons. The van der Waals surface area contributed by atoms with Crippen molar-refractivity contribution >= 4 is 35.7 Å². The van der Waals surface area contributed by atoms with Gasteiger partial charge in [-0.15, -0.1) is 11.3 Å². The van der Waals surface area contributed by atoms with Crippen molar-refractivity contribution < 1.29 is 0 Å². The molecule has 1 rings (SSSR count). The molecule has 1 aromatic heterocycles. The van der Waals surface area contributed by atoms with Gasteiger partial charge in [0.25, 0.3) is 0 Å². The molecule has 1 nitrogen and oxygen atoms in total. The molecule has 0 radical (unpaired) electrons. The van der Waals surface area contributed by atoms with Crippen LogP contribution in [0.4, 0.5) is 0 Å². The lowest BCUT2D eigenvalue weighted by molar-refractivity contribution is 0.836. The third-order valence-corrected chi connectivity index (χ3v) is 2.76. The molecule has 0 atom stereocenters. The highest BCUT2D eigenvalue weighted by molar-refractivity contribution is 7.73. The molecule has 13 heavy (non-hydrogen) atoms. The van der Waals surface area contributed by atoms with Crippen LogP contribution >= 0.6 is 23.6 Å². The largest absolute Gasteiger partial charge is 0.337 e. The Morgan fingerprint density at radius 1 is 1.54 bits per heavy atom. The van der Waals surface area contributed by atoms with Crippen molar-refractivity contribution in [3.8, 4) is 0 Å². The molecule has 1 heterocycles. The molecule has 1 aromatic rings. The van der Waals surface area contributed by atoms with Crippen LogP contribution in [0.25, 0.3) is 12.2 Å². The average molecular weight is 211 g/mol. The van der Waals surface area contributed by atoms with Crippen LogP contribution in [0.2, 0.25) is 0 Å². The summed E-state index contributed by atoms with van der Waals surface area (Å²) in [7, 11) is 0. The van der Waals surface area contributed by atoms with E-state index in [4.69, 9.17) is 12.2 Å². The monoisotopic (exact) mass is 211 g/mol. The first kappa shape index (κ1) is 10.4. The van der Waals surface area contributed by atoms with Crippen LogP contribution in [-0.4, -0.2) is 4.98 Å². The molecule has 0 fully saturated rings. The van der Waals surface area contributed by atoms with E-state index in [0.29, 0.717) is 5.92 Å². The Morgan fingerprint density at radius 3 is 2.77 bits per heavy atom. The summed E-state index contributed by atoms with van der Waals surface area (Å²) in [6.45, 7) is 8.02. The Balaban J connectivity index is 2.99. The van der Waals surface area contributed by atoms with E-state index in [1.165, 1.54) is 0 Å². The van der Waals surface area contributed by atoms with Gasteiger partial charge in [0, 0.05) is 0 Å². The lowest BCUT2D eigenvalue weighted by atomic mass is 10.2. The summed E-state index contributed by atoms with van der Waals surface area (Å²) in [6.07, 6.45) is 6.05. The number of aromatic nitrogens is 1. The Morgan fingerprint density at radius 2 is 2.23 bits per heavy atom. The highest BCUT2D eigenvalue weighted by Gasteiger charge is 1.98. The van der Waals surface area contributed by atoms with E-state index in [2.05, 4.69) is 37.6 Å². The molecule has 0 aliphatic rings. The zero-order valence-electron chi connectivity index (χ0n) is 7.83. The van der Waals surface area contributed by atoms with Gasteiger partial charge in [-0.1, -0.05) is 26.5 Å². The van der Waals surface area contributed by atoms with Crippen LogP contribution in [0.3, 0.4) is 0 Å². The highest BCUT2D eigenvalue weighted by atomic mass is 32.1. The lowest BCUT2D eigenvalue weighted by Crippen LogP contribution is -1.78. The molecular formula is C10H13NS2. The van der Waals surface area contributed by atoms with E-state index in [-0.39, 0.29) is 0 Å². The number of hydrogen-bond donors (Lipinski definition) is 1. The fourth-order valence-corrected chi connectivity index (χ4v) is 2.04. The first-order valence-electron chi connectivity index (χ1n) is 4.17. The quantitative estimate of drug-likeness (QED) is 0.744. The fourth-order valence-electron chi connectivity index (χ4n) is 0.907. The Bertz CT molecular complexity index is 369. The first-order chi connectivity index (χ1) is 6.13. The molecule has 0 unspecified atom stereocenters. The van der Waals surface area contributed by atoms with Crippen molar-refractivity contribution in [2.45, 2.75) is 13.8 Å². The van der Waals surface area contributed by atoms with Gasteiger partial charge >= 0.3 is 0 Å². The Kier molecular flexibility index (Phi) is 3.63. The van der Waals surface area contributed by atoms with E-state index < -0.39 is 0 Å². The molecule has 0 aromatic carbocycles. The molecule has 1 N–H and O–H groups in total. The minimum Gasteiger partial charge on any atom is -0.337 e. The number of aromatic amines is 1. The number of allylic oxidation sites excluding steroid dienone is 1. The predicted octanol–water partition coefficient (Wildman–Crippen LogP) is 4.12. The van der Waals surface area contributed by atoms with E-state index in [9.17, 15) is 0 Å². The third-order valence-electron chi connectivity index (χ3n) is 1.54. The standard InChI is InChI=1S/C10H13NS2/c1-4-8-9(6-5-7(2)3)13-10(12)11-8/h4-7H,1H2,2-3H3,(H,11,12)/b6-5-. The van der Waals surface area contributed by atoms with E-state index in [0.717, 1.165) is 14.5 Å². The van der Waals surface area contributed by atoms with Gasteiger partial charge in [-0.3, -0.25) is 0 Å². The zero-order chi connectivity index (χ0) is 9.84. The van der Waals surface area contributed by atoms with Gasteiger partial charge in [-0.05, 0) is 30.3 Å². The summed E-state index contributed by atoms with van der Waals surface area (Å²) in [5.74, 6) is 0.563. The number of H-pyrrole nitrogens is 1. The van der Waals surface area contributed by atoms with Gasteiger partial charge in [-0.2, -0.15) is 0 Å². The maximum Gasteiger partial charge on any atom is 0.159 e. The second kappa shape index (κ2) is 4.53. The van der Waals surface area contributed by atoms with E-state index >= 15 is 0 Å². The maximum absolute atomic E-state index is 5.05. The average Bonchev–Trinajstić information content (AvgIpc) is 2.42. The second-order valence-corrected chi connectivity index (χ2v) is 4.82. The van der Waals surface area contributed by atoms with Crippen LogP contribution in [0.15, 0.2) is 12.7 Å². The fraction of sp³-hybridized carbons (Fsp3) is 0.300. The summed E-state index contributed by atoms with van der Waals surface area (Å²) in [5.41, 5.74) is 1.02. The SMILES string of the molecule is C=Cc1[nH]c(=S)sc1/C=C\C(C)C. The molecule has 0 saturated heterocycles.